The summed E-state index contributed by atoms with van der Waals surface area (Å²) in [6, 6.07) is 30.5. The number of carbonyl (C=O) groups excluding carboxylic acids is 1. The van der Waals surface area contributed by atoms with Crippen LogP contribution >= 0.6 is 0 Å². The van der Waals surface area contributed by atoms with E-state index in [1.54, 1.807) is 24.3 Å². The van der Waals surface area contributed by atoms with Crippen LogP contribution in [-0.2, 0) is 11.2 Å². The number of nitrogens with one attached hydrogen (secondary N) is 2. The molecule has 0 atom stereocenters. The molecule has 0 aliphatic rings. The van der Waals surface area contributed by atoms with Gasteiger partial charge in [0.15, 0.2) is 12.0 Å². The fourth-order valence-corrected chi connectivity index (χ4v) is 3.94. The molecule has 0 spiro atoms. The molecule has 0 saturated heterocycles. The first-order valence-corrected chi connectivity index (χ1v) is 10.8. The predicted octanol–water partition coefficient (Wildman–Crippen LogP) is 5.29. The molecule has 5 rings (SSSR count). The minimum Gasteiger partial charge on any atom is -0.484 e. The number of carbonyl (C=O) groups is 1. The summed E-state index contributed by atoms with van der Waals surface area (Å²) < 4.78 is 5.71. The second kappa shape index (κ2) is 9.01. The number of H-pyrrole nitrogens is 1. The lowest BCUT2D eigenvalue weighted by atomic mass is 10.0. The van der Waals surface area contributed by atoms with Crippen molar-refractivity contribution in [3.05, 3.63) is 118 Å². The third-order valence-corrected chi connectivity index (χ3v) is 5.58. The Labute approximate surface area is 190 Å². The highest BCUT2D eigenvalue weighted by Crippen LogP contribution is 2.21. The summed E-state index contributed by atoms with van der Waals surface area (Å²) in [6.07, 6.45) is 0.722. The molecule has 1 aromatic heterocycles. The Morgan fingerprint density at radius 3 is 2.39 bits per heavy atom. The molecule has 0 radical (unpaired) electrons. The second-order valence-corrected chi connectivity index (χ2v) is 7.86. The average molecular weight is 434 g/mol. The summed E-state index contributed by atoms with van der Waals surface area (Å²) in [4.78, 5) is 28.7. The molecule has 1 amide bonds. The van der Waals surface area contributed by atoms with Gasteiger partial charge in [0.1, 0.15) is 5.75 Å². The molecular weight excluding hydrogens is 412 g/mol. The van der Waals surface area contributed by atoms with Gasteiger partial charge in [-0.15, -0.1) is 0 Å². The van der Waals surface area contributed by atoms with Crippen LogP contribution in [0.2, 0.25) is 0 Å². The van der Waals surface area contributed by atoms with E-state index in [0.717, 1.165) is 28.7 Å². The zero-order valence-corrected chi connectivity index (χ0v) is 17.9. The minimum atomic E-state index is -0.261. The maximum atomic E-state index is 12.9. The first kappa shape index (κ1) is 20.5. The topological polar surface area (TPSA) is 71.2 Å². The van der Waals surface area contributed by atoms with E-state index >= 15 is 0 Å². The fourth-order valence-electron chi connectivity index (χ4n) is 3.94. The highest BCUT2D eigenvalue weighted by atomic mass is 16.5. The van der Waals surface area contributed by atoms with Gasteiger partial charge in [-0.1, -0.05) is 60.7 Å². The van der Waals surface area contributed by atoms with E-state index in [4.69, 9.17) is 4.74 Å². The van der Waals surface area contributed by atoms with Gasteiger partial charge in [-0.05, 0) is 53.9 Å². The van der Waals surface area contributed by atoms with Crippen LogP contribution in [0.1, 0.15) is 11.1 Å². The third kappa shape index (κ3) is 4.48. The first-order chi connectivity index (χ1) is 16.2. The summed E-state index contributed by atoms with van der Waals surface area (Å²) in [5.74, 6) is 0.207. The van der Waals surface area contributed by atoms with E-state index in [-0.39, 0.29) is 17.9 Å². The van der Waals surface area contributed by atoms with E-state index in [9.17, 15) is 9.59 Å². The molecule has 0 saturated carbocycles. The molecule has 0 aliphatic carbocycles. The van der Waals surface area contributed by atoms with Crippen molar-refractivity contribution in [1.29, 1.82) is 0 Å². The molecule has 33 heavy (non-hydrogen) atoms. The summed E-state index contributed by atoms with van der Waals surface area (Å²) in [5.41, 5.74) is 4.41. The Balaban J connectivity index is 1.30. The van der Waals surface area contributed by atoms with E-state index in [1.165, 1.54) is 5.56 Å². The van der Waals surface area contributed by atoms with Gasteiger partial charge >= 0.3 is 0 Å². The van der Waals surface area contributed by atoms with Gasteiger partial charge in [0.2, 0.25) is 0 Å². The molecular formula is C28H22N2O3. The highest BCUT2D eigenvalue weighted by molar-refractivity contribution is 5.94. The summed E-state index contributed by atoms with van der Waals surface area (Å²) in [5, 5.41) is 4.09. The van der Waals surface area contributed by atoms with Crippen LogP contribution in [0.15, 0.2) is 102 Å². The van der Waals surface area contributed by atoms with Gasteiger partial charge in [0, 0.05) is 22.0 Å². The van der Waals surface area contributed by atoms with Crippen LogP contribution in [-0.4, -0.2) is 17.5 Å². The Hall–Kier alpha value is -4.38. The number of ether oxygens (including phenoxy) is 1. The van der Waals surface area contributed by atoms with Gasteiger partial charge in [0.25, 0.3) is 5.91 Å². The largest absolute Gasteiger partial charge is 0.484 e. The van der Waals surface area contributed by atoms with Gasteiger partial charge in [-0.25, -0.2) is 0 Å². The Bertz CT molecular complexity index is 1510. The van der Waals surface area contributed by atoms with E-state index in [0.29, 0.717) is 16.5 Å². The molecule has 5 heteroatoms. The smallest absolute Gasteiger partial charge is 0.262 e. The predicted molar refractivity (Wildman–Crippen MR) is 132 cm³/mol. The number of hydrogen-bond acceptors (Lipinski definition) is 3. The van der Waals surface area contributed by atoms with Crippen LogP contribution in [0.5, 0.6) is 5.75 Å². The van der Waals surface area contributed by atoms with Crippen molar-refractivity contribution < 1.29 is 9.53 Å². The van der Waals surface area contributed by atoms with Gasteiger partial charge in [0.05, 0.1) is 5.52 Å². The van der Waals surface area contributed by atoms with Crippen LogP contribution in [0.3, 0.4) is 0 Å². The molecule has 162 valence electrons. The number of fused-ring (bicyclic) bond motifs is 2. The highest BCUT2D eigenvalue weighted by Gasteiger charge is 2.10. The first-order valence-electron chi connectivity index (χ1n) is 10.8. The Morgan fingerprint density at radius 2 is 1.52 bits per heavy atom. The van der Waals surface area contributed by atoms with Gasteiger partial charge < -0.3 is 15.0 Å². The van der Waals surface area contributed by atoms with Crippen molar-refractivity contribution in [3.8, 4) is 5.75 Å². The number of benzene rings is 4. The number of para-hydroxylation sites is 2. The normalized spacial score (nSPS) is 10.9. The van der Waals surface area contributed by atoms with E-state index in [1.807, 2.05) is 60.7 Å². The van der Waals surface area contributed by atoms with Crippen molar-refractivity contribution in [3.63, 3.8) is 0 Å². The van der Waals surface area contributed by atoms with Crippen molar-refractivity contribution in [2.45, 2.75) is 6.42 Å². The van der Waals surface area contributed by atoms with Crippen LogP contribution in [0.25, 0.3) is 21.8 Å². The van der Waals surface area contributed by atoms with Crippen LogP contribution in [0.4, 0.5) is 5.69 Å². The SMILES string of the molecule is O=C(COc1ccc2[nH]c3ccccc3c(=O)c2c1)Nc1ccccc1Cc1ccccc1. The zero-order valence-electron chi connectivity index (χ0n) is 17.9. The summed E-state index contributed by atoms with van der Waals surface area (Å²) in [7, 11) is 0. The molecule has 5 aromatic rings. The number of amides is 1. The molecule has 4 aromatic carbocycles. The minimum absolute atomic E-state index is 0.0657. The maximum Gasteiger partial charge on any atom is 0.262 e. The monoisotopic (exact) mass is 434 g/mol. The third-order valence-electron chi connectivity index (χ3n) is 5.58. The van der Waals surface area contributed by atoms with Gasteiger partial charge in [-0.2, -0.15) is 0 Å². The molecule has 1 heterocycles. The Kier molecular flexibility index (Phi) is 5.60. The maximum absolute atomic E-state index is 12.9. The average Bonchev–Trinajstić information content (AvgIpc) is 2.85. The Morgan fingerprint density at radius 1 is 0.788 bits per heavy atom. The molecule has 5 nitrogen and oxygen atoms in total. The molecule has 0 aliphatic heterocycles. The van der Waals surface area contributed by atoms with Gasteiger partial charge in [-0.3, -0.25) is 9.59 Å². The van der Waals surface area contributed by atoms with E-state index in [2.05, 4.69) is 22.4 Å². The number of anilines is 1. The number of pyridine rings is 1. The van der Waals surface area contributed by atoms with Crippen molar-refractivity contribution in [1.82, 2.24) is 4.98 Å². The summed E-state index contributed by atoms with van der Waals surface area (Å²) in [6.45, 7) is -0.156. The lowest BCUT2D eigenvalue weighted by Crippen LogP contribution is -2.21. The summed E-state index contributed by atoms with van der Waals surface area (Å²) >= 11 is 0. The fraction of sp³-hybridized carbons (Fsp3) is 0.0714. The quantitative estimate of drug-likeness (QED) is 0.357. The van der Waals surface area contributed by atoms with Crippen molar-refractivity contribution in [2.75, 3.05) is 11.9 Å². The lowest BCUT2D eigenvalue weighted by molar-refractivity contribution is -0.118. The van der Waals surface area contributed by atoms with E-state index < -0.39 is 0 Å². The zero-order chi connectivity index (χ0) is 22.6. The molecule has 0 unspecified atom stereocenters. The lowest BCUT2D eigenvalue weighted by Gasteiger charge is -2.12. The standard InChI is InChI=1S/C28H22N2O3/c31-27(30-24-12-6-4-10-20(24)16-19-8-2-1-3-9-19)18-33-21-14-15-26-23(17-21)28(32)22-11-5-7-13-25(22)29-26/h1-15,17H,16,18H2,(H,29,32)(H,30,31). The van der Waals surface area contributed by atoms with Crippen LogP contribution < -0.4 is 15.5 Å². The second-order valence-electron chi connectivity index (χ2n) is 7.86. The van der Waals surface area contributed by atoms with Crippen molar-refractivity contribution in [2.24, 2.45) is 0 Å². The number of rotatable bonds is 6. The number of aromatic amines is 1. The number of hydrogen-bond donors (Lipinski definition) is 2. The number of aromatic nitrogens is 1. The van der Waals surface area contributed by atoms with Crippen molar-refractivity contribution >= 4 is 33.4 Å². The molecule has 2 N–H and O–H groups in total. The van der Waals surface area contributed by atoms with Crippen LogP contribution in [0, 0.1) is 0 Å². The molecule has 0 fully saturated rings. The molecule has 0 bridgehead atoms.